The molecule has 0 saturated carbocycles. The summed E-state index contributed by atoms with van der Waals surface area (Å²) >= 11 is 0. The largest absolute Gasteiger partial charge is 0.222 e. The molecule has 0 bridgehead atoms. The van der Waals surface area contributed by atoms with Crippen LogP contribution in [0.15, 0.2) is 19.5 Å². The van der Waals surface area contributed by atoms with Crippen LogP contribution in [0.3, 0.4) is 0 Å². The average Bonchev–Trinajstić information content (AvgIpc) is 2.33. The van der Waals surface area contributed by atoms with Crippen molar-refractivity contribution in [2.75, 3.05) is 0 Å². The standard InChI is InChI=1S/C6H7N3/c1-3-6-7-5-8-9(6)4-2/h3-5H,1-2H2. The molecule has 0 aromatic carbocycles. The van der Waals surface area contributed by atoms with E-state index in [-0.39, 0.29) is 0 Å². The molecule has 3 nitrogen and oxygen atoms in total. The topological polar surface area (TPSA) is 30.7 Å². The number of aromatic nitrogens is 3. The van der Waals surface area contributed by atoms with Crippen LogP contribution in [-0.4, -0.2) is 14.8 Å². The lowest BCUT2D eigenvalue weighted by atomic mass is 10.6. The van der Waals surface area contributed by atoms with Gasteiger partial charge in [-0.1, -0.05) is 13.2 Å². The number of rotatable bonds is 2. The quantitative estimate of drug-likeness (QED) is 0.584. The molecule has 1 aromatic heterocycles. The molecule has 0 atom stereocenters. The summed E-state index contributed by atoms with van der Waals surface area (Å²) in [5.74, 6) is 0.713. The fraction of sp³-hybridized carbons (Fsp3) is 0. The van der Waals surface area contributed by atoms with E-state index in [0.717, 1.165) is 0 Å². The summed E-state index contributed by atoms with van der Waals surface area (Å²) in [5.41, 5.74) is 0. The Balaban J connectivity index is 3.12. The predicted molar refractivity (Wildman–Crippen MR) is 36.5 cm³/mol. The van der Waals surface area contributed by atoms with Gasteiger partial charge in [-0.3, -0.25) is 0 Å². The molecule has 0 amide bonds. The molecule has 0 spiro atoms. The van der Waals surface area contributed by atoms with Crippen LogP contribution in [-0.2, 0) is 0 Å². The summed E-state index contributed by atoms with van der Waals surface area (Å²) in [7, 11) is 0. The lowest BCUT2D eigenvalue weighted by Crippen LogP contribution is -1.89. The van der Waals surface area contributed by atoms with Gasteiger partial charge in [-0.15, -0.1) is 0 Å². The van der Waals surface area contributed by atoms with Gasteiger partial charge in [-0.25, -0.2) is 9.67 Å². The highest BCUT2D eigenvalue weighted by Crippen LogP contribution is 1.93. The van der Waals surface area contributed by atoms with E-state index in [1.165, 1.54) is 6.33 Å². The highest BCUT2D eigenvalue weighted by atomic mass is 15.3. The zero-order valence-corrected chi connectivity index (χ0v) is 4.99. The monoisotopic (exact) mass is 121 g/mol. The predicted octanol–water partition coefficient (Wildman–Crippen LogP) is 1.02. The van der Waals surface area contributed by atoms with Crippen molar-refractivity contribution in [2.45, 2.75) is 0 Å². The molecule has 3 heteroatoms. The van der Waals surface area contributed by atoms with E-state index in [2.05, 4.69) is 23.2 Å². The zero-order chi connectivity index (χ0) is 6.69. The van der Waals surface area contributed by atoms with Gasteiger partial charge in [0.25, 0.3) is 0 Å². The van der Waals surface area contributed by atoms with Crippen molar-refractivity contribution in [2.24, 2.45) is 0 Å². The first kappa shape index (κ1) is 5.75. The smallest absolute Gasteiger partial charge is 0.154 e. The first-order chi connectivity index (χ1) is 4.38. The summed E-state index contributed by atoms with van der Waals surface area (Å²) in [4.78, 5) is 3.87. The zero-order valence-electron chi connectivity index (χ0n) is 4.99. The van der Waals surface area contributed by atoms with Gasteiger partial charge in [0.15, 0.2) is 5.82 Å². The minimum absolute atomic E-state index is 0.713. The lowest BCUT2D eigenvalue weighted by Gasteiger charge is -1.88. The van der Waals surface area contributed by atoms with Crippen LogP contribution < -0.4 is 0 Å². The maximum Gasteiger partial charge on any atom is 0.154 e. The fourth-order valence-corrected chi connectivity index (χ4v) is 0.546. The van der Waals surface area contributed by atoms with E-state index in [4.69, 9.17) is 0 Å². The van der Waals surface area contributed by atoms with Gasteiger partial charge < -0.3 is 0 Å². The maximum atomic E-state index is 3.87. The number of nitrogens with zero attached hydrogens (tertiary/aromatic N) is 3. The second-order valence-electron chi connectivity index (χ2n) is 1.45. The highest BCUT2D eigenvalue weighted by Gasteiger charge is 1.91. The first-order valence-corrected chi connectivity index (χ1v) is 2.53. The van der Waals surface area contributed by atoms with E-state index in [1.807, 2.05) is 0 Å². The molecule has 0 N–H and O–H groups in total. The molecule has 0 saturated heterocycles. The molecule has 1 rings (SSSR count). The van der Waals surface area contributed by atoms with Crippen LogP contribution in [0, 0.1) is 0 Å². The van der Waals surface area contributed by atoms with Gasteiger partial charge in [-0.2, -0.15) is 5.10 Å². The summed E-state index contributed by atoms with van der Waals surface area (Å²) in [6.45, 7) is 7.07. The van der Waals surface area contributed by atoms with Crippen molar-refractivity contribution in [1.29, 1.82) is 0 Å². The summed E-state index contributed by atoms with van der Waals surface area (Å²) in [5, 5.41) is 3.82. The van der Waals surface area contributed by atoms with Crippen LogP contribution in [0.25, 0.3) is 12.3 Å². The van der Waals surface area contributed by atoms with Gasteiger partial charge >= 0.3 is 0 Å². The van der Waals surface area contributed by atoms with Crippen molar-refractivity contribution in [3.05, 3.63) is 25.3 Å². The Kier molecular flexibility index (Phi) is 1.44. The SMILES string of the molecule is C=Cc1ncnn1C=C. The molecular formula is C6H7N3. The molecule has 1 heterocycles. The summed E-state index contributed by atoms with van der Waals surface area (Å²) in [6, 6.07) is 0. The number of hydrogen-bond acceptors (Lipinski definition) is 2. The number of hydrogen-bond donors (Lipinski definition) is 0. The Morgan fingerprint density at radius 3 is 2.78 bits per heavy atom. The van der Waals surface area contributed by atoms with Gasteiger partial charge in [0, 0.05) is 6.20 Å². The Bertz CT molecular complexity index is 201. The molecule has 0 radical (unpaired) electrons. The van der Waals surface area contributed by atoms with Crippen molar-refractivity contribution in [3.63, 3.8) is 0 Å². The van der Waals surface area contributed by atoms with E-state index in [9.17, 15) is 0 Å². The van der Waals surface area contributed by atoms with Crippen LogP contribution >= 0.6 is 0 Å². The summed E-state index contributed by atoms with van der Waals surface area (Å²) < 4.78 is 1.55. The van der Waals surface area contributed by atoms with E-state index in [1.54, 1.807) is 17.0 Å². The van der Waals surface area contributed by atoms with E-state index in [0.29, 0.717) is 5.82 Å². The molecule has 1 aromatic rings. The van der Waals surface area contributed by atoms with Crippen LogP contribution in [0.2, 0.25) is 0 Å². The molecule has 0 aliphatic heterocycles. The molecule has 46 valence electrons. The van der Waals surface area contributed by atoms with E-state index >= 15 is 0 Å². The fourth-order valence-electron chi connectivity index (χ4n) is 0.546. The second kappa shape index (κ2) is 2.26. The maximum absolute atomic E-state index is 3.87. The second-order valence-corrected chi connectivity index (χ2v) is 1.45. The molecule has 0 fully saturated rings. The van der Waals surface area contributed by atoms with Crippen molar-refractivity contribution < 1.29 is 0 Å². The van der Waals surface area contributed by atoms with Gasteiger partial charge in [0.05, 0.1) is 0 Å². The lowest BCUT2D eigenvalue weighted by molar-refractivity contribution is 0.924. The van der Waals surface area contributed by atoms with Crippen molar-refractivity contribution in [1.82, 2.24) is 14.8 Å². The summed E-state index contributed by atoms with van der Waals surface area (Å²) in [6.07, 6.45) is 4.65. The van der Waals surface area contributed by atoms with E-state index < -0.39 is 0 Å². The molecular weight excluding hydrogens is 114 g/mol. The third-order valence-corrected chi connectivity index (χ3v) is 0.956. The van der Waals surface area contributed by atoms with Crippen LogP contribution in [0.5, 0.6) is 0 Å². The van der Waals surface area contributed by atoms with Gasteiger partial charge in [0.1, 0.15) is 6.33 Å². The third kappa shape index (κ3) is 0.887. The minimum Gasteiger partial charge on any atom is -0.222 e. The molecule has 0 aliphatic carbocycles. The Morgan fingerprint density at radius 1 is 1.56 bits per heavy atom. The minimum atomic E-state index is 0.713. The molecule has 9 heavy (non-hydrogen) atoms. The third-order valence-electron chi connectivity index (χ3n) is 0.956. The van der Waals surface area contributed by atoms with Crippen molar-refractivity contribution in [3.8, 4) is 0 Å². The van der Waals surface area contributed by atoms with Crippen LogP contribution in [0.4, 0.5) is 0 Å². The first-order valence-electron chi connectivity index (χ1n) is 2.53. The Hall–Kier alpha value is -1.38. The Labute approximate surface area is 53.3 Å². The average molecular weight is 121 g/mol. The molecule has 0 aliphatic rings. The normalized spacial score (nSPS) is 8.89. The molecule has 0 unspecified atom stereocenters. The van der Waals surface area contributed by atoms with Crippen molar-refractivity contribution >= 4 is 12.3 Å². The van der Waals surface area contributed by atoms with Gasteiger partial charge in [-0.05, 0) is 6.08 Å². The van der Waals surface area contributed by atoms with Gasteiger partial charge in [0.2, 0.25) is 0 Å². The van der Waals surface area contributed by atoms with Crippen LogP contribution in [0.1, 0.15) is 5.82 Å². The highest BCUT2D eigenvalue weighted by molar-refractivity contribution is 5.39. The Morgan fingerprint density at radius 2 is 2.33 bits per heavy atom.